The number of rotatable bonds is 6. The minimum atomic E-state index is -3.39. The van der Waals surface area contributed by atoms with Crippen LogP contribution in [0, 0.1) is 5.82 Å². The molecule has 2 aromatic heterocycles. The Kier molecular flexibility index (Phi) is 6.00. The molecular formula is C25H22FN5O2S2. The molecule has 0 unspecified atom stereocenters. The monoisotopic (exact) mass is 507 g/mol. The zero-order valence-electron chi connectivity index (χ0n) is 18.7. The van der Waals surface area contributed by atoms with Crippen molar-refractivity contribution in [1.82, 2.24) is 14.9 Å². The summed E-state index contributed by atoms with van der Waals surface area (Å²) >= 11 is 5.76. The number of aromatic nitrogens is 2. The Morgan fingerprint density at radius 3 is 2.34 bits per heavy atom. The SMILES string of the molecule is CS(=O)(=O)Nc1ccc(N2C(=S)N[C@H](c3ccccn3)[C@@H]2c2cccn2-c2ccc(F)cc2)cc1. The lowest BCUT2D eigenvalue weighted by Gasteiger charge is -2.29. The molecular weight excluding hydrogens is 485 g/mol. The van der Waals surface area contributed by atoms with E-state index in [1.165, 1.54) is 12.1 Å². The van der Waals surface area contributed by atoms with Crippen LogP contribution in [0.2, 0.25) is 0 Å². The Morgan fingerprint density at radius 1 is 0.971 bits per heavy atom. The summed E-state index contributed by atoms with van der Waals surface area (Å²) in [6.45, 7) is 0. The van der Waals surface area contributed by atoms with E-state index < -0.39 is 10.0 Å². The number of sulfonamides is 1. The Hall–Kier alpha value is -3.76. The van der Waals surface area contributed by atoms with Gasteiger partial charge in [-0.3, -0.25) is 9.71 Å². The third kappa shape index (κ3) is 4.75. The largest absolute Gasteiger partial charge is 0.351 e. The average molecular weight is 508 g/mol. The number of nitrogens with zero attached hydrogens (tertiary/aromatic N) is 3. The summed E-state index contributed by atoms with van der Waals surface area (Å²) in [6.07, 6.45) is 4.78. The summed E-state index contributed by atoms with van der Waals surface area (Å²) < 4.78 is 41.3. The Bertz CT molecular complexity index is 1460. The molecule has 1 aliphatic heterocycles. The van der Waals surface area contributed by atoms with Gasteiger partial charge < -0.3 is 14.8 Å². The molecule has 178 valence electrons. The van der Waals surface area contributed by atoms with Crippen molar-refractivity contribution in [3.05, 3.63) is 108 Å². The molecule has 2 N–H and O–H groups in total. The molecule has 2 atom stereocenters. The predicted molar refractivity (Wildman–Crippen MR) is 139 cm³/mol. The molecule has 0 radical (unpaired) electrons. The van der Waals surface area contributed by atoms with Crippen molar-refractivity contribution in [2.75, 3.05) is 15.9 Å². The van der Waals surface area contributed by atoms with E-state index in [4.69, 9.17) is 12.2 Å². The van der Waals surface area contributed by atoms with E-state index in [9.17, 15) is 12.8 Å². The maximum atomic E-state index is 13.6. The van der Waals surface area contributed by atoms with Gasteiger partial charge in [0.15, 0.2) is 5.11 Å². The van der Waals surface area contributed by atoms with Gasteiger partial charge in [-0.15, -0.1) is 0 Å². The fraction of sp³-hybridized carbons (Fsp3) is 0.120. The molecule has 1 fully saturated rings. The van der Waals surface area contributed by atoms with Crippen molar-refractivity contribution in [3.8, 4) is 5.69 Å². The van der Waals surface area contributed by atoms with Gasteiger partial charge in [0, 0.05) is 35.1 Å². The molecule has 0 saturated carbocycles. The van der Waals surface area contributed by atoms with Gasteiger partial charge in [0.25, 0.3) is 0 Å². The number of nitrogens with one attached hydrogen (secondary N) is 2. The van der Waals surface area contributed by atoms with Gasteiger partial charge >= 0.3 is 0 Å². The summed E-state index contributed by atoms with van der Waals surface area (Å²) in [4.78, 5) is 6.56. The van der Waals surface area contributed by atoms with Crippen LogP contribution in [0.5, 0.6) is 0 Å². The van der Waals surface area contributed by atoms with E-state index in [1.807, 2.05) is 58.1 Å². The Morgan fingerprint density at radius 2 is 1.69 bits per heavy atom. The van der Waals surface area contributed by atoms with E-state index in [0.29, 0.717) is 10.8 Å². The quantitative estimate of drug-likeness (QED) is 0.373. The van der Waals surface area contributed by atoms with E-state index in [1.54, 1.807) is 30.5 Å². The molecule has 5 rings (SSSR count). The molecule has 4 aromatic rings. The number of hydrogen-bond donors (Lipinski definition) is 2. The van der Waals surface area contributed by atoms with Crippen molar-refractivity contribution in [3.63, 3.8) is 0 Å². The first-order valence-electron chi connectivity index (χ1n) is 10.8. The number of pyridine rings is 1. The molecule has 0 spiro atoms. The maximum Gasteiger partial charge on any atom is 0.229 e. The van der Waals surface area contributed by atoms with Crippen molar-refractivity contribution in [2.45, 2.75) is 12.1 Å². The molecule has 3 heterocycles. The number of thiocarbonyl (C=S) groups is 1. The van der Waals surface area contributed by atoms with Crippen LogP contribution < -0.4 is 14.9 Å². The topological polar surface area (TPSA) is 79.3 Å². The smallest absolute Gasteiger partial charge is 0.229 e. The van der Waals surface area contributed by atoms with Crippen molar-refractivity contribution in [1.29, 1.82) is 0 Å². The highest BCUT2D eigenvalue weighted by Gasteiger charge is 2.42. The third-order valence-electron chi connectivity index (χ3n) is 5.73. The summed E-state index contributed by atoms with van der Waals surface area (Å²) in [5.41, 5.74) is 3.82. The second-order valence-electron chi connectivity index (χ2n) is 8.20. The standard InChI is InChI=1S/C25H22FN5O2S2/c1-35(32,33)29-18-9-13-20(14-10-18)31-24(23(28-25(31)34)21-5-2-3-15-27-21)22-6-4-16-30(22)19-11-7-17(26)8-12-19/h2-16,23-24,29H,1H3,(H,28,34)/t23-,24+/m1/s1. The first-order valence-corrected chi connectivity index (χ1v) is 13.1. The Labute approximate surface area is 208 Å². The van der Waals surface area contributed by atoms with Crippen LogP contribution >= 0.6 is 12.2 Å². The zero-order chi connectivity index (χ0) is 24.6. The first-order chi connectivity index (χ1) is 16.8. The van der Waals surface area contributed by atoms with Crippen LogP contribution in [0.1, 0.15) is 23.5 Å². The number of hydrogen-bond acceptors (Lipinski definition) is 4. The minimum absolute atomic E-state index is 0.258. The molecule has 7 nitrogen and oxygen atoms in total. The minimum Gasteiger partial charge on any atom is -0.351 e. The van der Waals surface area contributed by atoms with Gasteiger partial charge in [-0.05, 0) is 85.0 Å². The van der Waals surface area contributed by atoms with Gasteiger partial charge in [0.1, 0.15) is 11.9 Å². The number of anilines is 2. The molecule has 1 aliphatic rings. The van der Waals surface area contributed by atoms with Crippen LogP contribution in [0.15, 0.2) is 91.3 Å². The summed E-state index contributed by atoms with van der Waals surface area (Å²) in [5, 5.41) is 3.92. The lowest BCUT2D eigenvalue weighted by Crippen LogP contribution is -2.30. The molecule has 0 aliphatic carbocycles. The first kappa shape index (κ1) is 23.0. The van der Waals surface area contributed by atoms with Crippen LogP contribution in [0.4, 0.5) is 15.8 Å². The van der Waals surface area contributed by atoms with E-state index in [2.05, 4.69) is 15.0 Å². The highest BCUT2D eigenvalue weighted by atomic mass is 32.2. The fourth-order valence-corrected chi connectivity index (χ4v) is 5.22. The molecule has 0 amide bonds. The van der Waals surface area contributed by atoms with E-state index >= 15 is 0 Å². The lowest BCUT2D eigenvalue weighted by molar-refractivity contribution is 0.549. The van der Waals surface area contributed by atoms with E-state index in [0.717, 1.165) is 29.0 Å². The summed E-state index contributed by atoms with van der Waals surface area (Å²) in [6, 6.07) is 22.5. The van der Waals surface area contributed by atoms with Crippen LogP contribution in [-0.4, -0.2) is 29.3 Å². The molecule has 10 heteroatoms. The molecule has 35 heavy (non-hydrogen) atoms. The van der Waals surface area contributed by atoms with Crippen molar-refractivity contribution < 1.29 is 12.8 Å². The normalized spacial score (nSPS) is 17.9. The van der Waals surface area contributed by atoms with E-state index in [-0.39, 0.29) is 17.9 Å². The summed E-state index contributed by atoms with van der Waals surface area (Å²) in [5.74, 6) is -0.304. The van der Waals surface area contributed by atoms with Gasteiger partial charge in [-0.25, -0.2) is 12.8 Å². The molecule has 2 aromatic carbocycles. The molecule has 1 saturated heterocycles. The lowest BCUT2D eigenvalue weighted by atomic mass is 10.0. The van der Waals surface area contributed by atoms with Gasteiger partial charge in [0.05, 0.1) is 18.0 Å². The second-order valence-corrected chi connectivity index (χ2v) is 10.3. The van der Waals surface area contributed by atoms with Gasteiger partial charge in [-0.1, -0.05) is 6.07 Å². The van der Waals surface area contributed by atoms with Crippen LogP contribution in [-0.2, 0) is 10.0 Å². The van der Waals surface area contributed by atoms with Crippen LogP contribution in [0.3, 0.4) is 0 Å². The zero-order valence-corrected chi connectivity index (χ0v) is 20.3. The fourth-order valence-electron chi connectivity index (χ4n) is 4.31. The predicted octanol–water partition coefficient (Wildman–Crippen LogP) is 4.56. The number of halogens is 1. The Balaban J connectivity index is 1.60. The van der Waals surface area contributed by atoms with Crippen molar-refractivity contribution in [2.24, 2.45) is 0 Å². The second kappa shape index (κ2) is 9.12. The third-order valence-corrected chi connectivity index (χ3v) is 6.66. The van der Waals surface area contributed by atoms with Gasteiger partial charge in [-0.2, -0.15) is 0 Å². The van der Waals surface area contributed by atoms with Crippen LogP contribution in [0.25, 0.3) is 5.69 Å². The maximum absolute atomic E-state index is 13.6. The number of benzene rings is 2. The van der Waals surface area contributed by atoms with Crippen molar-refractivity contribution >= 4 is 38.7 Å². The highest BCUT2D eigenvalue weighted by Crippen LogP contribution is 2.42. The van der Waals surface area contributed by atoms with Gasteiger partial charge in [0.2, 0.25) is 10.0 Å². The summed E-state index contributed by atoms with van der Waals surface area (Å²) in [7, 11) is -3.39. The average Bonchev–Trinajstić information content (AvgIpc) is 3.44. The molecule has 0 bridgehead atoms. The highest BCUT2D eigenvalue weighted by molar-refractivity contribution is 7.92.